The number of hydrogen-bond donors (Lipinski definition) is 0. The number of allylic oxidation sites excluding steroid dienone is 1. The fourth-order valence-electron chi connectivity index (χ4n) is 0.778. The first-order valence-corrected chi connectivity index (χ1v) is 3.98. The van der Waals surface area contributed by atoms with Crippen LogP contribution in [0.25, 0.3) is 0 Å². The molecule has 0 saturated carbocycles. The summed E-state index contributed by atoms with van der Waals surface area (Å²) in [6.07, 6.45) is 3.79. The summed E-state index contributed by atoms with van der Waals surface area (Å²) in [5.74, 6) is -0.641. The lowest BCUT2D eigenvalue weighted by Gasteiger charge is -2.01. The van der Waals surface area contributed by atoms with Crippen LogP contribution in [0.15, 0.2) is 24.4 Å². The molecule has 0 N–H and O–H groups in total. The Labute approximate surface area is 80.9 Å². The van der Waals surface area contributed by atoms with Crippen LogP contribution in [0.5, 0.6) is 0 Å². The summed E-state index contributed by atoms with van der Waals surface area (Å²) < 4.78 is 14.4. The SMILES string of the molecule is CC(=O)CC(=O)OC1=COCOC=C1. The lowest BCUT2D eigenvalue weighted by atomic mass is 10.3. The molecule has 0 aromatic rings. The number of carbonyl (C=O) groups excluding carboxylic acids is 2. The van der Waals surface area contributed by atoms with Crippen LogP contribution in [-0.2, 0) is 23.8 Å². The van der Waals surface area contributed by atoms with Crippen LogP contribution in [0.4, 0.5) is 0 Å². The third-order valence-corrected chi connectivity index (χ3v) is 1.29. The van der Waals surface area contributed by atoms with E-state index in [4.69, 9.17) is 14.2 Å². The van der Waals surface area contributed by atoms with Crippen LogP contribution in [0.2, 0.25) is 0 Å². The van der Waals surface area contributed by atoms with Crippen LogP contribution in [0.3, 0.4) is 0 Å². The first-order chi connectivity index (χ1) is 6.68. The highest BCUT2D eigenvalue weighted by Gasteiger charge is 2.09. The van der Waals surface area contributed by atoms with E-state index >= 15 is 0 Å². The third kappa shape index (κ3) is 3.75. The molecule has 0 aromatic heterocycles. The molecular formula is C9H10O5. The molecule has 1 heterocycles. The molecule has 0 aliphatic carbocycles. The number of esters is 1. The molecule has 0 saturated heterocycles. The lowest BCUT2D eigenvalue weighted by Crippen LogP contribution is -2.08. The number of rotatable bonds is 3. The van der Waals surface area contributed by atoms with Crippen LogP contribution in [0, 0.1) is 0 Å². The van der Waals surface area contributed by atoms with Crippen molar-refractivity contribution in [1.82, 2.24) is 0 Å². The van der Waals surface area contributed by atoms with Crippen LogP contribution >= 0.6 is 0 Å². The summed E-state index contributed by atoms with van der Waals surface area (Å²) in [6.45, 7) is 1.39. The smallest absolute Gasteiger partial charge is 0.318 e. The summed E-state index contributed by atoms with van der Waals surface area (Å²) in [7, 11) is 0. The largest absolute Gasteiger partial charge is 0.465 e. The number of hydrogen-bond acceptors (Lipinski definition) is 5. The van der Waals surface area contributed by atoms with E-state index in [0.717, 1.165) is 0 Å². The third-order valence-electron chi connectivity index (χ3n) is 1.29. The van der Waals surface area contributed by atoms with Gasteiger partial charge in [-0.15, -0.1) is 0 Å². The highest BCUT2D eigenvalue weighted by molar-refractivity contribution is 5.94. The minimum Gasteiger partial charge on any atom is -0.465 e. The van der Waals surface area contributed by atoms with Crippen LogP contribution in [0.1, 0.15) is 13.3 Å². The molecular weight excluding hydrogens is 188 g/mol. The van der Waals surface area contributed by atoms with Gasteiger partial charge in [0.25, 0.3) is 0 Å². The van der Waals surface area contributed by atoms with Gasteiger partial charge < -0.3 is 14.2 Å². The van der Waals surface area contributed by atoms with Gasteiger partial charge in [0.05, 0.1) is 6.26 Å². The van der Waals surface area contributed by atoms with Gasteiger partial charge >= 0.3 is 5.97 Å². The molecule has 0 amide bonds. The molecule has 76 valence electrons. The van der Waals surface area contributed by atoms with E-state index in [2.05, 4.69) is 0 Å². The number of Topliss-reactive ketones (excluding diaryl/α,β-unsaturated/α-hetero) is 1. The predicted octanol–water partition coefficient (Wildman–Crippen LogP) is 0.868. The minimum atomic E-state index is -0.612. The first kappa shape index (κ1) is 10.3. The Hall–Kier alpha value is -1.78. The summed E-state index contributed by atoms with van der Waals surface area (Å²) in [6, 6.07) is 0. The average Bonchev–Trinajstić information content (AvgIpc) is 2.31. The maximum Gasteiger partial charge on any atom is 0.318 e. The first-order valence-electron chi connectivity index (χ1n) is 3.98. The van der Waals surface area contributed by atoms with E-state index in [9.17, 15) is 9.59 Å². The molecule has 0 bridgehead atoms. The zero-order chi connectivity index (χ0) is 10.4. The summed E-state index contributed by atoms with van der Waals surface area (Å²) in [5.41, 5.74) is 0. The summed E-state index contributed by atoms with van der Waals surface area (Å²) in [4.78, 5) is 21.6. The summed E-state index contributed by atoms with van der Waals surface area (Å²) in [5, 5.41) is 0. The van der Waals surface area contributed by atoms with Crippen molar-refractivity contribution in [3.63, 3.8) is 0 Å². The molecule has 1 aliphatic rings. The van der Waals surface area contributed by atoms with E-state index in [-0.39, 0.29) is 24.8 Å². The molecule has 5 nitrogen and oxygen atoms in total. The van der Waals surface area contributed by atoms with Crippen molar-refractivity contribution in [2.45, 2.75) is 13.3 Å². The van der Waals surface area contributed by atoms with Gasteiger partial charge in [0.1, 0.15) is 18.5 Å². The zero-order valence-electron chi connectivity index (χ0n) is 7.69. The Morgan fingerprint density at radius 3 is 3.00 bits per heavy atom. The van der Waals surface area contributed by atoms with Crippen molar-refractivity contribution in [3.8, 4) is 0 Å². The minimum absolute atomic E-state index is 0.0737. The van der Waals surface area contributed by atoms with Crippen molar-refractivity contribution >= 4 is 11.8 Å². The van der Waals surface area contributed by atoms with Gasteiger partial charge in [-0.1, -0.05) is 0 Å². The second kappa shape index (κ2) is 5.06. The van der Waals surface area contributed by atoms with E-state index in [1.165, 1.54) is 25.5 Å². The van der Waals surface area contributed by atoms with E-state index in [1.807, 2.05) is 0 Å². The topological polar surface area (TPSA) is 61.8 Å². The van der Waals surface area contributed by atoms with Crippen molar-refractivity contribution in [3.05, 3.63) is 24.4 Å². The van der Waals surface area contributed by atoms with Gasteiger partial charge in [-0.3, -0.25) is 9.59 Å². The fourth-order valence-corrected chi connectivity index (χ4v) is 0.778. The maximum absolute atomic E-state index is 11.0. The van der Waals surface area contributed by atoms with Crippen LogP contribution < -0.4 is 0 Å². The van der Waals surface area contributed by atoms with E-state index < -0.39 is 5.97 Å². The zero-order valence-corrected chi connectivity index (χ0v) is 7.69. The van der Waals surface area contributed by atoms with Crippen molar-refractivity contribution < 1.29 is 23.8 Å². The number of ether oxygens (including phenoxy) is 3. The number of carbonyl (C=O) groups is 2. The lowest BCUT2D eigenvalue weighted by molar-refractivity contribution is -0.141. The van der Waals surface area contributed by atoms with Gasteiger partial charge in [-0.2, -0.15) is 0 Å². The molecule has 14 heavy (non-hydrogen) atoms. The molecule has 1 rings (SSSR count). The molecule has 0 spiro atoms. The Morgan fingerprint density at radius 1 is 1.50 bits per heavy atom. The normalized spacial score (nSPS) is 14.5. The molecule has 0 radical (unpaired) electrons. The maximum atomic E-state index is 11.0. The summed E-state index contributed by atoms with van der Waals surface area (Å²) >= 11 is 0. The van der Waals surface area contributed by atoms with Gasteiger partial charge in [0.15, 0.2) is 5.76 Å². The standard InChI is InChI=1S/C9H10O5/c1-7(10)4-9(11)14-8-2-3-12-6-13-5-8/h2-3,5H,4,6H2,1H3. The second-order valence-corrected chi connectivity index (χ2v) is 2.63. The molecule has 5 heteroatoms. The van der Waals surface area contributed by atoms with E-state index in [1.54, 1.807) is 0 Å². The molecule has 1 aliphatic heterocycles. The van der Waals surface area contributed by atoms with E-state index in [0.29, 0.717) is 0 Å². The van der Waals surface area contributed by atoms with Crippen molar-refractivity contribution in [2.75, 3.05) is 6.79 Å². The Balaban J connectivity index is 2.46. The van der Waals surface area contributed by atoms with Crippen molar-refractivity contribution in [1.29, 1.82) is 0 Å². The highest BCUT2D eigenvalue weighted by atomic mass is 16.7. The van der Waals surface area contributed by atoms with Gasteiger partial charge in [-0.05, 0) is 6.92 Å². The second-order valence-electron chi connectivity index (χ2n) is 2.63. The number of ketones is 1. The van der Waals surface area contributed by atoms with Gasteiger partial charge in [0, 0.05) is 6.08 Å². The quantitative estimate of drug-likeness (QED) is 0.497. The highest BCUT2D eigenvalue weighted by Crippen LogP contribution is 2.06. The monoisotopic (exact) mass is 198 g/mol. The predicted molar refractivity (Wildman–Crippen MR) is 45.7 cm³/mol. The average molecular weight is 198 g/mol. The molecule has 0 fully saturated rings. The van der Waals surface area contributed by atoms with Crippen LogP contribution in [-0.4, -0.2) is 18.5 Å². The van der Waals surface area contributed by atoms with Gasteiger partial charge in [0.2, 0.25) is 6.79 Å². The fraction of sp³-hybridized carbons (Fsp3) is 0.333. The Bertz CT molecular complexity index is 290. The Morgan fingerprint density at radius 2 is 2.29 bits per heavy atom. The van der Waals surface area contributed by atoms with Crippen molar-refractivity contribution in [2.24, 2.45) is 0 Å². The Kier molecular flexibility index (Phi) is 3.72. The molecule has 0 unspecified atom stereocenters. The van der Waals surface area contributed by atoms with Gasteiger partial charge in [-0.25, -0.2) is 0 Å². The molecule has 0 aromatic carbocycles. The molecule has 0 atom stereocenters.